The molecule has 0 rings (SSSR count). The van der Waals surface area contributed by atoms with Crippen molar-refractivity contribution in [3.8, 4) is 0 Å². The molecule has 11 heavy (non-hydrogen) atoms. The topological polar surface area (TPSA) is 63.7 Å². The lowest BCUT2D eigenvalue weighted by Crippen LogP contribution is -2.27. The molecular weight excluding hydrogens is 194 g/mol. The Balaban J connectivity index is 4.62. The highest BCUT2D eigenvalue weighted by Gasteiger charge is 2.23. The average molecular weight is 200 g/mol. The van der Waals surface area contributed by atoms with Gasteiger partial charge < -0.3 is 0 Å². The van der Waals surface area contributed by atoms with E-state index in [9.17, 15) is 13.2 Å². The normalized spacial score (nSPS) is 10.7. The number of hydrogen-bond donors (Lipinski definition) is 0. The molecule has 0 unspecified atom stereocenters. The summed E-state index contributed by atoms with van der Waals surface area (Å²) in [5.74, 6) is -0.964. The fraction of sp³-hybridized carbons (Fsp3) is 0.250. The molecule has 0 aliphatic rings. The van der Waals surface area contributed by atoms with E-state index in [0.717, 1.165) is 13.2 Å². The summed E-state index contributed by atoms with van der Waals surface area (Å²) in [6, 6.07) is 0. The summed E-state index contributed by atoms with van der Waals surface area (Å²) in [5.41, 5.74) is 0. The minimum atomic E-state index is -4.13. The van der Waals surface area contributed by atoms with E-state index < -0.39 is 16.2 Å². The Morgan fingerprint density at radius 2 is 2.18 bits per heavy atom. The van der Waals surface area contributed by atoms with Gasteiger partial charge in [-0.1, -0.05) is 6.58 Å². The van der Waals surface area contributed by atoms with Crippen molar-refractivity contribution in [3.63, 3.8) is 0 Å². The first kappa shape index (κ1) is 10.4. The fourth-order valence-corrected chi connectivity index (χ4v) is 0.911. The predicted octanol–water partition coefficient (Wildman–Crippen LogP) is 0.0460. The lowest BCUT2D eigenvalue weighted by Gasteiger charge is -2.08. The molecule has 0 spiro atoms. The molecule has 0 heterocycles. The van der Waals surface area contributed by atoms with E-state index in [2.05, 4.69) is 10.8 Å². The molecule has 7 heteroatoms. The Morgan fingerprint density at radius 3 is 2.45 bits per heavy atom. The van der Waals surface area contributed by atoms with Gasteiger partial charge in [-0.05, 0) is 6.08 Å². The second-order valence-corrected chi connectivity index (χ2v) is 3.47. The summed E-state index contributed by atoms with van der Waals surface area (Å²) in [6.45, 7) is 3.03. The molecule has 0 atom stereocenters. The van der Waals surface area contributed by atoms with Crippen molar-refractivity contribution in [2.24, 2.45) is 0 Å². The van der Waals surface area contributed by atoms with Crippen molar-refractivity contribution < 1.29 is 17.4 Å². The summed E-state index contributed by atoms with van der Waals surface area (Å²) in [5, 5.41) is 0. The number of rotatable bonds is 3. The van der Waals surface area contributed by atoms with Gasteiger partial charge in [-0.25, -0.2) is 0 Å². The summed E-state index contributed by atoms with van der Waals surface area (Å²) in [7, 11) is -3.24. The molecule has 1 amide bonds. The number of carbonyl (C=O) groups excluding carboxylic acids is 1. The largest absolute Gasteiger partial charge is 0.379 e. The summed E-state index contributed by atoms with van der Waals surface area (Å²) >= 11 is 5.02. The molecule has 0 saturated heterocycles. The van der Waals surface area contributed by atoms with Gasteiger partial charge in [-0.3, -0.25) is 8.98 Å². The molecule has 0 aromatic heterocycles. The molecular formula is C4H6ClNO4S. The molecule has 0 bridgehead atoms. The number of hydrogen-bond acceptors (Lipinski definition) is 4. The third-order valence-corrected chi connectivity index (χ3v) is 2.42. The number of halogens is 1. The number of carbonyl (C=O) groups is 1. The first-order valence-electron chi connectivity index (χ1n) is 2.38. The molecule has 0 aliphatic heterocycles. The minimum Gasteiger partial charge on any atom is -0.267 e. The Hall–Kier alpha value is -0.590. The molecule has 5 nitrogen and oxygen atoms in total. The van der Waals surface area contributed by atoms with Gasteiger partial charge in [0.25, 0.3) is 5.91 Å². The third-order valence-electron chi connectivity index (χ3n) is 0.755. The Bertz CT molecular complexity index is 259. The van der Waals surface area contributed by atoms with Crippen LogP contribution in [0.2, 0.25) is 0 Å². The average Bonchev–Trinajstić information content (AvgIpc) is 2.01. The van der Waals surface area contributed by atoms with Crippen LogP contribution >= 0.6 is 11.8 Å². The van der Waals surface area contributed by atoms with E-state index in [4.69, 9.17) is 11.8 Å². The van der Waals surface area contributed by atoms with Crippen molar-refractivity contribution >= 4 is 28.0 Å². The van der Waals surface area contributed by atoms with E-state index in [1.54, 1.807) is 0 Å². The van der Waals surface area contributed by atoms with Crippen LogP contribution in [-0.2, 0) is 19.3 Å². The van der Waals surface area contributed by atoms with Crippen molar-refractivity contribution in [1.29, 1.82) is 0 Å². The van der Waals surface area contributed by atoms with Crippen LogP contribution in [0.15, 0.2) is 12.7 Å². The highest BCUT2D eigenvalue weighted by Crippen LogP contribution is 2.06. The van der Waals surface area contributed by atoms with Gasteiger partial charge in [0.2, 0.25) is 0 Å². The molecule has 0 aromatic rings. The lowest BCUT2D eigenvalue weighted by molar-refractivity contribution is -0.118. The molecule has 0 N–H and O–H groups in total. The first-order chi connectivity index (χ1) is 4.95. The SMILES string of the molecule is C=CC(=O)N(Cl)S(=O)(=O)OC. The molecule has 0 fully saturated rings. The van der Waals surface area contributed by atoms with Crippen LogP contribution in [0.3, 0.4) is 0 Å². The predicted molar refractivity (Wildman–Crippen MR) is 38.8 cm³/mol. The van der Waals surface area contributed by atoms with E-state index in [1.165, 1.54) is 0 Å². The van der Waals surface area contributed by atoms with Gasteiger partial charge in [-0.15, -0.1) is 3.82 Å². The second-order valence-electron chi connectivity index (χ2n) is 1.38. The third kappa shape index (κ3) is 2.49. The highest BCUT2D eigenvalue weighted by molar-refractivity contribution is 7.85. The van der Waals surface area contributed by atoms with Crippen molar-refractivity contribution in [3.05, 3.63) is 12.7 Å². The highest BCUT2D eigenvalue weighted by atomic mass is 35.5. The van der Waals surface area contributed by atoms with Gasteiger partial charge in [0.1, 0.15) is 0 Å². The van der Waals surface area contributed by atoms with Gasteiger partial charge in [-0.2, -0.15) is 8.42 Å². The maximum atomic E-state index is 10.6. The maximum Gasteiger partial charge on any atom is 0.379 e. The second kappa shape index (κ2) is 3.70. The van der Waals surface area contributed by atoms with E-state index in [0.29, 0.717) is 0 Å². The van der Waals surface area contributed by atoms with Gasteiger partial charge >= 0.3 is 10.3 Å². The quantitative estimate of drug-likeness (QED) is 0.476. The van der Waals surface area contributed by atoms with Crippen LogP contribution in [0.1, 0.15) is 0 Å². The maximum absolute atomic E-state index is 10.6. The van der Waals surface area contributed by atoms with Crippen molar-refractivity contribution in [2.45, 2.75) is 0 Å². The van der Waals surface area contributed by atoms with E-state index in [-0.39, 0.29) is 3.82 Å². The van der Waals surface area contributed by atoms with Crippen LogP contribution in [-0.4, -0.2) is 25.3 Å². The van der Waals surface area contributed by atoms with Crippen LogP contribution in [0.25, 0.3) is 0 Å². The lowest BCUT2D eigenvalue weighted by atomic mass is 10.6. The molecule has 0 radical (unpaired) electrons. The first-order valence-corrected chi connectivity index (χ1v) is 4.09. The van der Waals surface area contributed by atoms with Crippen LogP contribution < -0.4 is 0 Å². The number of nitrogens with zero attached hydrogens (tertiary/aromatic N) is 1. The monoisotopic (exact) mass is 199 g/mol. The van der Waals surface area contributed by atoms with E-state index in [1.807, 2.05) is 0 Å². The Labute approximate surface area is 69.6 Å². The summed E-state index contributed by atoms with van der Waals surface area (Å²) in [4.78, 5) is 10.5. The van der Waals surface area contributed by atoms with Gasteiger partial charge in [0.15, 0.2) is 0 Å². The van der Waals surface area contributed by atoms with Crippen molar-refractivity contribution in [1.82, 2.24) is 3.82 Å². The molecule has 0 aliphatic carbocycles. The Morgan fingerprint density at radius 1 is 1.73 bits per heavy atom. The summed E-state index contributed by atoms with van der Waals surface area (Å²) in [6.07, 6.45) is 0.754. The zero-order valence-electron chi connectivity index (χ0n) is 5.65. The molecule has 0 saturated carbocycles. The zero-order chi connectivity index (χ0) is 9.07. The number of amides is 1. The van der Waals surface area contributed by atoms with Crippen molar-refractivity contribution in [2.75, 3.05) is 7.11 Å². The Kier molecular flexibility index (Phi) is 3.50. The van der Waals surface area contributed by atoms with E-state index >= 15 is 0 Å². The van der Waals surface area contributed by atoms with Gasteiger partial charge in [0.05, 0.1) is 7.11 Å². The van der Waals surface area contributed by atoms with Crippen LogP contribution in [0.5, 0.6) is 0 Å². The van der Waals surface area contributed by atoms with Gasteiger partial charge in [0, 0.05) is 11.8 Å². The zero-order valence-corrected chi connectivity index (χ0v) is 7.22. The summed E-state index contributed by atoms with van der Waals surface area (Å²) < 4.78 is 25.1. The fourth-order valence-electron chi connectivity index (χ4n) is 0.247. The molecule has 64 valence electrons. The molecule has 0 aromatic carbocycles. The minimum absolute atomic E-state index is 0.0694. The standard InChI is InChI=1S/C4H6ClNO4S/c1-3-4(7)6(5)11(8,9)10-2/h3H,1H2,2H3. The van der Waals surface area contributed by atoms with Crippen LogP contribution in [0, 0.1) is 0 Å². The van der Waals surface area contributed by atoms with Crippen LogP contribution in [0.4, 0.5) is 0 Å². The smallest absolute Gasteiger partial charge is 0.267 e.